The van der Waals surface area contributed by atoms with E-state index in [-0.39, 0.29) is 4.90 Å². The predicted octanol–water partition coefficient (Wildman–Crippen LogP) is 3.47. The number of nitrogens with zero attached hydrogens (tertiary/aromatic N) is 1. The Bertz CT molecular complexity index is 831. The molecule has 0 atom stereocenters. The third-order valence-corrected chi connectivity index (χ3v) is 5.08. The maximum absolute atomic E-state index is 12.2. The third kappa shape index (κ3) is 4.33. The smallest absolute Gasteiger partial charge is 0.276 e. The number of aryl methyl sites for hydroxylation is 1. The van der Waals surface area contributed by atoms with Gasteiger partial charge in [-0.05, 0) is 65.7 Å². The molecule has 2 aromatic rings. The van der Waals surface area contributed by atoms with E-state index >= 15 is 0 Å². The first-order chi connectivity index (χ1) is 10.8. The second kappa shape index (κ2) is 7.14. The Morgan fingerprint density at radius 3 is 2.39 bits per heavy atom. The summed E-state index contributed by atoms with van der Waals surface area (Å²) in [5.74, 6) is 0.696. The van der Waals surface area contributed by atoms with E-state index in [1.807, 2.05) is 19.1 Å². The fourth-order valence-corrected chi connectivity index (χ4v) is 3.25. The van der Waals surface area contributed by atoms with Gasteiger partial charge < -0.3 is 4.74 Å². The molecule has 0 aliphatic carbocycles. The van der Waals surface area contributed by atoms with Gasteiger partial charge in [0.25, 0.3) is 10.0 Å². The normalized spacial score (nSPS) is 12.1. The maximum atomic E-state index is 12.2. The molecular weight excluding hydrogens is 380 g/mol. The summed E-state index contributed by atoms with van der Waals surface area (Å²) < 4.78 is 30.3. The molecule has 0 heterocycles. The van der Waals surface area contributed by atoms with E-state index in [4.69, 9.17) is 4.74 Å². The Kier molecular flexibility index (Phi) is 5.43. The van der Waals surface area contributed by atoms with Crippen molar-refractivity contribution in [3.63, 3.8) is 0 Å². The predicted molar refractivity (Wildman–Crippen MR) is 94.4 cm³/mol. The number of hydrazone groups is 1. The average Bonchev–Trinajstić information content (AvgIpc) is 2.53. The number of sulfonamides is 1. The van der Waals surface area contributed by atoms with Crippen LogP contribution >= 0.6 is 15.9 Å². The first kappa shape index (κ1) is 17.5. The molecule has 0 radical (unpaired) electrons. The molecule has 5 nitrogen and oxygen atoms in total. The Balaban J connectivity index is 2.21. The van der Waals surface area contributed by atoms with Crippen LogP contribution in [0.1, 0.15) is 18.1 Å². The summed E-state index contributed by atoms with van der Waals surface area (Å²) in [5.41, 5.74) is 2.32. The molecule has 0 spiro atoms. The second-order valence-electron chi connectivity index (χ2n) is 4.95. The maximum Gasteiger partial charge on any atom is 0.276 e. The van der Waals surface area contributed by atoms with Crippen LogP contribution in [0.15, 0.2) is 56.9 Å². The van der Waals surface area contributed by atoms with E-state index in [0.717, 1.165) is 15.6 Å². The SMILES string of the molecule is COc1ccc(/C(C)=N/NS(=O)(=O)c2ccc(C)cc2)cc1Br. The summed E-state index contributed by atoms with van der Waals surface area (Å²) in [5, 5.41) is 3.98. The van der Waals surface area contributed by atoms with E-state index in [0.29, 0.717) is 11.5 Å². The fourth-order valence-electron chi connectivity index (χ4n) is 1.85. The molecule has 2 rings (SSSR count). The zero-order chi connectivity index (χ0) is 17.0. The number of rotatable bonds is 5. The fraction of sp³-hybridized carbons (Fsp3) is 0.188. The van der Waals surface area contributed by atoms with Crippen LogP contribution in [0.4, 0.5) is 0 Å². The van der Waals surface area contributed by atoms with Crippen LogP contribution in [0.25, 0.3) is 0 Å². The van der Waals surface area contributed by atoms with Gasteiger partial charge >= 0.3 is 0 Å². The molecule has 0 fully saturated rings. The first-order valence-corrected chi connectivity index (χ1v) is 9.08. The standard InChI is InChI=1S/C16H17BrN2O3S/c1-11-4-7-14(8-5-11)23(20,21)19-18-12(2)13-6-9-16(22-3)15(17)10-13/h4-10,19H,1-3H3/b18-12+. The average molecular weight is 397 g/mol. The summed E-state index contributed by atoms with van der Waals surface area (Å²) in [6.45, 7) is 3.62. The molecule has 0 amide bonds. The number of hydrogen-bond donors (Lipinski definition) is 1. The third-order valence-electron chi connectivity index (χ3n) is 3.23. The lowest BCUT2D eigenvalue weighted by Crippen LogP contribution is -2.20. The first-order valence-electron chi connectivity index (χ1n) is 6.80. The highest BCUT2D eigenvalue weighted by Crippen LogP contribution is 2.25. The van der Waals surface area contributed by atoms with Crippen LogP contribution in [0.2, 0.25) is 0 Å². The van der Waals surface area contributed by atoms with Crippen molar-refractivity contribution in [2.75, 3.05) is 7.11 Å². The van der Waals surface area contributed by atoms with Crippen LogP contribution in [-0.2, 0) is 10.0 Å². The van der Waals surface area contributed by atoms with Crippen molar-refractivity contribution in [1.82, 2.24) is 4.83 Å². The molecule has 0 bridgehead atoms. The Hall–Kier alpha value is -1.86. The van der Waals surface area contributed by atoms with Crippen molar-refractivity contribution in [3.8, 4) is 5.75 Å². The highest BCUT2D eigenvalue weighted by molar-refractivity contribution is 9.10. The number of ether oxygens (including phenoxy) is 1. The van der Waals surface area contributed by atoms with Gasteiger partial charge in [-0.2, -0.15) is 18.4 Å². The van der Waals surface area contributed by atoms with Crippen molar-refractivity contribution in [3.05, 3.63) is 58.1 Å². The minimum absolute atomic E-state index is 0.176. The summed E-state index contributed by atoms with van der Waals surface area (Å²) in [4.78, 5) is 2.43. The number of halogens is 1. The molecule has 0 unspecified atom stereocenters. The largest absolute Gasteiger partial charge is 0.496 e. The van der Waals surface area contributed by atoms with E-state index in [1.165, 1.54) is 0 Å². The molecule has 0 saturated carbocycles. The molecule has 23 heavy (non-hydrogen) atoms. The van der Waals surface area contributed by atoms with Crippen molar-refractivity contribution in [2.45, 2.75) is 18.7 Å². The van der Waals surface area contributed by atoms with Crippen molar-refractivity contribution in [1.29, 1.82) is 0 Å². The highest BCUT2D eigenvalue weighted by atomic mass is 79.9. The van der Waals surface area contributed by atoms with Gasteiger partial charge in [0.15, 0.2) is 0 Å². The summed E-state index contributed by atoms with van der Waals surface area (Å²) in [6, 6.07) is 12.0. The summed E-state index contributed by atoms with van der Waals surface area (Å²) in [6.07, 6.45) is 0. The van der Waals surface area contributed by atoms with Crippen LogP contribution in [0.3, 0.4) is 0 Å². The van der Waals surface area contributed by atoms with Gasteiger partial charge in [-0.25, -0.2) is 0 Å². The monoisotopic (exact) mass is 396 g/mol. The quantitative estimate of drug-likeness (QED) is 0.621. The Morgan fingerprint density at radius 2 is 1.83 bits per heavy atom. The van der Waals surface area contributed by atoms with Crippen LogP contribution < -0.4 is 9.57 Å². The highest BCUT2D eigenvalue weighted by Gasteiger charge is 2.13. The van der Waals surface area contributed by atoms with E-state index < -0.39 is 10.0 Å². The van der Waals surface area contributed by atoms with Gasteiger partial charge in [-0.15, -0.1) is 0 Å². The van der Waals surface area contributed by atoms with Gasteiger partial charge in [-0.3, -0.25) is 0 Å². The topological polar surface area (TPSA) is 67.8 Å². The second-order valence-corrected chi connectivity index (χ2v) is 7.47. The molecule has 7 heteroatoms. The molecular formula is C16H17BrN2O3S. The lowest BCUT2D eigenvalue weighted by Gasteiger charge is -2.08. The van der Waals surface area contributed by atoms with Crippen molar-refractivity contribution >= 4 is 31.7 Å². The number of methoxy groups -OCH3 is 1. The van der Waals surface area contributed by atoms with Crippen LogP contribution in [0.5, 0.6) is 5.75 Å². The van der Waals surface area contributed by atoms with E-state index in [9.17, 15) is 8.42 Å². The molecule has 1 N–H and O–H groups in total. The zero-order valence-corrected chi connectivity index (χ0v) is 15.4. The molecule has 2 aromatic carbocycles. The number of hydrogen-bond acceptors (Lipinski definition) is 4. The molecule has 0 saturated heterocycles. The van der Waals surface area contributed by atoms with Gasteiger partial charge in [0.2, 0.25) is 0 Å². The summed E-state index contributed by atoms with van der Waals surface area (Å²) >= 11 is 3.39. The molecule has 0 aromatic heterocycles. The number of nitrogens with one attached hydrogen (secondary N) is 1. The van der Waals surface area contributed by atoms with Gasteiger partial charge in [0.05, 0.1) is 22.2 Å². The van der Waals surface area contributed by atoms with Crippen molar-refractivity contribution in [2.24, 2.45) is 5.10 Å². The Labute approximate surface area is 144 Å². The van der Waals surface area contributed by atoms with Crippen LogP contribution in [0, 0.1) is 6.92 Å². The van der Waals surface area contributed by atoms with E-state index in [1.54, 1.807) is 44.4 Å². The van der Waals surface area contributed by atoms with Gasteiger partial charge in [0.1, 0.15) is 5.75 Å². The lowest BCUT2D eigenvalue weighted by atomic mass is 10.1. The minimum Gasteiger partial charge on any atom is -0.496 e. The van der Waals surface area contributed by atoms with E-state index in [2.05, 4.69) is 25.9 Å². The van der Waals surface area contributed by atoms with Crippen LogP contribution in [-0.4, -0.2) is 21.2 Å². The van der Waals surface area contributed by atoms with Crippen molar-refractivity contribution < 1.29 is 13.2 Å². The molecule has 0 aliphatic rings. The summed E-state index contributed by atoms with van der Waals surface area (Å²) in [7, 11) is -2.10. The minimum atomic E-state index is -3.68. The zero-order valence-electron chi connectivity index (χ0n) is 13.0. The van der Waals surface area contributed by atoms with Gasteiger partial charge in [0, 0.05) is 0 Å². The lowest BCUT2D eigenvalue weighted by molar-refractivity contribution is 0.412. The Morgan fingerprint density at radius 1 is 1.17 bits per heavy atom. The molecule has 0 aliphatic heterocycles. The van der Waals surface area contributed by atoms with Gasteiger partial charge in [-0.1, -0.05) is 17.7 Å². The number of benzene rings is 2. The molecule has 122 valence electrons.